The Bertz CT molecular complexity index is 515. The molecule has 90 valence electrons. The molecule has 0 saturated carbocycles. The lowest BCUT2D eigenvalue weighted by Crippen LogP contribution is -2.45. The zero-order valence-electron chi connectivity index (χ0n) is 10.1. The standard InChI is InChI=1S/C13H16N2OS/c1-9-7-15(8-10(2)16-9)13-11-5-3-4-6-12(11)17-14-13/h3-6,9-10H,7-8H2,1-2H3. The Morgan fingerprint density at radius 3 is 2.71 bits per heavy atom. The highest BCUT2D eigenvalue weighted by Crippen LogP contribution is 2.30. The molecule has 1 saturated heterocycles. The molecule has 4 heteroatoms. The highest BCUT2D eigenvalue weighted by Gasteiger charge is 2.24. The van der Waals surface area contributed by atoms with Crippen molar-refractivity contribution in [1.29, 1.82) is 0 Å². The van der Waals surface area contributed by atoms with Crippen LogP contribution >= 0.6 is 11.5 Å². The lowest BCUT2D eigenvalue weighted by molar-refractivity contribution is -0.00532. The molecule has 0 radical (unpaired) electrons. The van der Waals surface area contributed by atoms with Crippen molar-refractivity contribution in [3.8, 4) is 0 Å². The quantitative estimate of drug-likeness (QED) is 0.776. The molecule has 2 heterocycles. The van der Waals surface area contributed by atoms with Crippen molar-refractivity contribution in [3.05, 3.63) is 24.3 Å². The van der Waals surface area contributed by atoms with Gasteiger partial charge in [0.25, 0.3) is 0 Å². The van der Waals surface area contributed by atoms with Crippen LogP contribution < -0.4 is 4.90 Å². The first-order chi connectivity index (χ1) is 8.24. The number of benzene rings is 1. The maximum absolute atomic E-state index is 5.76. The zero-order valence-corrected chi connectivity index (χ0v) is 10.9. The van der Waals surface area contributed by atoms with Gasteiger partial charge in [-0.1, -0.05) is 12.1 Å². The molecule has 0 bridgehead atoms. The lowest BCUT2D eigenvalue weighted by Gasteiger charge is -2.35. The van der Waals surface area contributed by atoms with Gasteiger partial charge in [-0.25, -0.2) is 0 Å². The van der Waals surface area contributed by atoms with Gasteiger partial charge >= 0.3 is 0 Å². The first kappa shape index (κ1) is 11.0. The molecule has 1 aliphatic heterocycles. The largest absolute Gasteiger partial charge is 0.372 e. The van der Waals surface area contributed by atoms with E-state index in [2.05, 4.69) is 47.4 Å². The van der Waals surface area contributed by atoms with Crippen molar-refractivity contribution in [2.24, 2.45) is 0 Å². The molecule has 0 aliphatic carbocycles. The molecule has 0 spiro atoms. The number of ether oxygens (including phenoxy) is 1. The number of morpholine rings is 1. The summed E-state index contributed by atoms with van der Waals surface area (Å²) >= 11 is 1.58. The summed E-state index contributed by atoms with van der Waals surface area (Å²) in [6.07, 6.45) is 0.554. The second-order valence-corrected chi connectivity index (χ2v) is 5.47. The molecule has 17 heavy (non-hydrogen) atoms. The number of aromatic nitrogens is 1. The molecule has 1 aromatic heterocycles. The van der Waals surface area contributed by atoms with E-state index in [9.17, 15) is 0 Å². The first-order valence-corrected chi connectivity index (χ1v) is 6.76. The van der Waals surface area contributed by atoms with Crippen molar-refractivity contribution in [2.45, 2.75) is 26.1 Å². The fourth-order valence-corrected chi connectivity index (χ4v) is 3.25. The molecule has 3 nitrogen and oxygen atoms in total. The van der Waals surface area contributed by atoms with Gasteiger partial charge in [-0.3, -0.25) is 0 Å². The van der Waals surface area contributed by atoms with Crippen molar-refractivity contribution >= 4 is 27.4 Å². The molecular weight excluding hydrogens is 232 g/mol. The molecule has 3 rings (SSSR count). The van der Waals surface area contributed by atoms with Crippen LogP contribution in [0.3, 0.4) is 0 Å². The smallest absolute Gasteiger partial charge is 0.150 e. The molecule has 2 atom stereocenters. The average molecular weight is 248 g/mol. The van der Waals surface area contributed by atoms with Gasteiger partial charge in [0.1, 0.15) is 5.82 Å². The Morgan fingerprint density at radius 1 is 1.24 bits per heavy atom. The number of anilines is 1. The van der Waals surface area contributed by atoms with E-state index >= 15 is 0 Å². The average Bonchev–Trinajstić information content (AvgIpc) is 2.71. The van der Waals surface area contributed by atoms with Crippen LogP contribution in [-0.4, -0.2) is 29.7 Å². The molecule has 1 aliphatic rings. The van der Waals surface area contributed by atoms with Gasteiger partial charge in [0.2, 0.25) is 0 Å². The SMILES string of the molecule is CC1CN(c2nsc3ccccc23)CC(C)O1. The van der Waals surface area contributed by atoms with Crippen LogP contribution in [-0.2, 0) is 4.74 Å². The van der Waals surface area contributed by atoms with E-state index in [0.29, 0.717) is 0 Å². The molecule has 2 unspecified atom stereocenters. The van der Waals surface area contributed by atoms with Gasteiger partial charge in [-0.05, 0) is 37.5 Å². The molecular formula is C13H16N2OS. The minimum Gasteiger partial charge on any atom is -0.372 e. The number of fused-ring (bicyclic) bond motifs is 1. The second kappa shape index (κ2) is 4.27. The summed E-state index contributed by atoms with van der Waals surface area (Å²) in [5, 5.41) is 1.26. The highest BCUT2D eigenvalue weighted by molar-refractivity contribution is 7.13. The molecule has 0 amide bonds. The highest BCUT2D eigenvalue weighted by atomic mass is 32.1. The van der Waals surface area contributed by atoms with Gasteiger partial charge in [0, 0.05) is 18.5 Å². The monoisotopic (exact) mass is 248 g/mol. The van der Waals surface area contributed by atoms with Crippen LogP contribution in [0.15, 0.2) is 24.3 Å². The number of hydrogen-bond donors (Lipinski definition) is 0. The third-order valence-electron chi connectivity index (χ3n) is 3.08. The number of rotatable bonds is 1. The fraction of sp³-hybridized carbons (Fsp3) is 0.462. The minimum atomic E-state index is 0.277. The molecule has 1 fully saturated rings. The summed E-state index contributed by atoms with van der Waals surface area (Å²) in [5.74, 6) is 1.12. The van der Waals surface area contributed by atoms with Crippen molar-refractivity contribution in [1.82, 2.24) is 4.37 Å². The normalized spacial score (nSPS) is 25.4. The Morgan fingerprint density at radius 2 is 1.94 bits per heavy atom. The second-order valence-electron chi connectivity index (χ2n) is 4.66. The van der Waals surface area contributed by atoms with E-state index in [1.807, 2.05) is 0 Å². The fourth-order valence-electron chi connectivity index (χ4n) is 2.45. The van der Waals surface area contributed by atoms with Gasteiger partial charge < -0.3 is 9.64 Å². The predicted octanol–water partition coefficient (Wildman–Crippen LogP) is 2.91. The molecule has 0 N–H and O–H groups in total. The van der Waals surface area contributed by atoms with Gasteiger partial charge in [0.15, 0.2) is 0 Å². The summed E-state index contributed by atoms with van der Waals surface area (Å²) in [4.78, 5) is 2.34. The van der Waals surface area contributed by atoms with E-state index in [1.165, 1.54) is 10.1 Å². The Balaban J connectivity index is 1.98. The lowest BCUT2D eigenvalue weighted by atomic mass is 10.2. The van der Waals surface area contributed by atoms with Crippen LogP contribution in [0.25, 0.3) is 10.1 Å². The van der Waals surface area contributed by atoms with E-state index in [-0.39, 0.29) is 12.2 Å². The minimum absolute atomic E-state index is 0.277. The van der Waals surface area contributed by atoms with Gasteiger partial charge in [0.05, 0.1) is 16.9 Å². The number of nitrogens with zero attached hydrogens (tertiary/aromatic N) is 2. The Hall–Kier alpha value is -1.13. The summed E-state index contributed by atoms with van der Waals surface area (Å²) in [6.45, 7) is 6.10. The Labute approximate surface area is 105 Å². The Kier molecular flexibility index (Phi) is 2.76. The van der Waals surface area contributed by atoms with Crippen molar-refractivity contribution in [2.75, 3.05) is 18.0 Å². The molecule has 1 aromatic carbocycles. The van der Waals surface area contributed by atoms with Crippen LogP contribution in [0.2, 0.25) is 0 Å². The van der Waals surface area contributed by atoms with E-state index in [1.54, 1.807) is 11.5 Å². The maximum Gasteiger partial charge on any atom is 0.150 e. The topological polar surface area (TPSA) is 25.4 Å². The summed E-state index contributed by atoms with van der Waals surface area (Å²) < 4.78 is 11.6. The van der Waals surface area contributed by atoms with E-state index < -0.39 is 0 Å². The summed E-state index contributed by atoms with van der Waals surface area (Å²) in [5.41, 5.74) is 0. The van der Waals surface area contributed by atoms with Crippen LogP contribution in [0, 0.1) is 0 Å². The van der Waals surface area contributed by atoms with E-state index in [4.69, 9.17) is 4.74 Å². The number of hydrogen-bond acceptors (Lipinski definition) is 4. The van der Waals surface area contributed by atoms with Gasteiger partial charge in [-0.15, -0.1) is 0 Å². The van der Waals surface area contributed by atoms with Crippen LogP contribution in [0.4, 0.5) is 5.82 Å². The molecule has 2 aromatic rings. The van der Waals surface area contributed by atoms with Crippen molar-refractivity contribution in [3.63, 3.8) is 0 Å². The van der Waals surface area contributed by atoms with Crippen LogP contribution in [0.1, 0.15) is 13.8 Å². The summed E-state index contributed by atoms with van der Waals surface area (Å²) in [6, 6.07) is 8.42. The van der Waals surface area contributed by atoms with Crippen molar-refractivity contribution < 1.29 is 4.74 Å². The van der Waals surface area contributed by atoms with Crippen LogP contribution in [0.5, 0.6) is 0 Å². The third-order valence-corrected chi connectivity index (χ3v) is 3.89. The maximum atomic E-state index is 5.76. The van der Waals surface area contributed by atoms with Gasteiger partial charge in [-0.2, -0.15) is 4.37 Å². The summed E-state index contributed by atoms with van der Waals surface area (Å²) in [7, 11) is 0. The van der Waals surface area contributed by atoms with E-state index in [0.717, 1.165) is 18.9 Å². The predicted molar refractivity (Wildman–Crippen MR) is 71.8 cm³/mol. The zero-order chi connectivity index (χ0) is 11.8. The third kappa shape index (κ3) is 2.03. The first-order valence-electron chi connectivity index (χ1n) is 5.99.